The van der Waals surface area contributed by atoms with E-state index < -0.39 is 0 Å². The zero-order chi connectivity index (χ0) is 16.9. The lowest BCUT2D eigenvalue weighted by Crippen LogP contribution is -2.26. The molecule has 1 aromatic carbocycles. The number of hydrogen-bond donors (Lipinski definition) is 1. The Morgan fingerprint density at radius 2 is 2.00 bits per heavy atom. The van der Waals surface area contributed by atoms with Crippen LogP contribution in [0.15, 0.2) is 29.4 Å². The Labute approximate surface area is 139 Å². The molecule has 4 heteroatoms. The second-order valence-electron chi connectivity index (χ2n) is 7.20. The van der Waals surface area contributed by atoms with E-state index in [1.54, 1.807) is 0 Å². The Kier molecular flexibility index (Phi) is 5.80. The van der Waals surface area contributed by atoms with Crippen LogP contribution in [-0.2, 0) is 10.2 Å². The normalized spacial score (nSPS) is 19.8. The van der Waals surface area contributed by atoms with Gasteiger partial charge in [0, 0.05) is 5.71 Å². The Bertz CT molecular complexity index is 556. The molecule has 1 aliphatic carbocycles. The fraction of sp³-hybridized carbons (Fsp3) is 0.579. The summed E-state index contributed by atoms with van der Waals surface area (Å²) in [4.78, 5) is 11.9. The molecule has 1 amide bonds. The number of nitrogens with one attached hydrogen (secondary N) is 1. The molecule has 23 heavy (non-hydrogen) atoms. The molecule has 1 saturated carbocycles. The second-order valence-corrected chi connectivity index (χ2v) is 7.20. The van der Waals surface area contributed by atoms with Gasteiger partial charge in [-0.25, -0.2) is 5.43 Å². The first-order valence-corrected chi connectivity index (χ1v) is 8.48. The third kappa shape index (κ3) is 5.08. The van der Waals surface area contributed by atoms with Crippen LogP contribution in [0, 0.1) is 5.92 Å². The molecule has 1 fully saturated rings. The van der Waals surface area contributed by atoms with Crippen LogP contribution in [0.4, 0.5) is 0 Å². The first kappa shape index (κ1) is 17.5. The maximum Gasteiger partial charge on any atom is 0.277 e. The van der Waals surface area contributed by atoms with E-state index in [1.165, 1.54) is 18.4 Å². The summed E-state index contributed by atoms with van der Waals surface area (Å²) in [5.74, 6) is 1.02. The van der Waals surface area contributed by atoms with E-state index in [4.69, 9.17) is 4.74 Å². The molecule has 0 aromatic heterocycles. The number of carbonyl (C=O) groups is 1. The van der Waals surface area contributed by atoms with Crippen LogP contribution >= 0.6 is 0 Å². The van der Waals surface area contributed by atoms with Gasteiger partial charge >= 0.3 is 0 Å². The lowest BCUT2D eigenvalue weighted by atomic mass is 9.87. The molecule has 0 bridgehead atoms. The monoisotopic (exact) mass is 316 g/mol. The molecule has 1 atom stereocenters. The summed E-state index contributed by atoms with van der Waals surface area (Å²) in [6.07, 6.45) is 4.44. The van der Waals surface area contributed by atoms with Gasteiger partial charge in [-0.05, 0) is 54.7 Å². The van der Waals surface area contributed by atoms with E-state index >= 15 is 0 Å². The molecule has 1 aliphatic rings. The zero-order valence-corrected chi connectivity index (χ0v) is 14.7. The molecule has 0 saturated heterocycles. The topological polar surface area (TPSA) is 50.7 Å². The van der Waals surface area contributed by atoms with Crippen LogP contribution < -0.4 is 10.2 Å². The minimum absolute atomic E-state index is 0.0115. The molecule has 126 valence electrons. The molecule has 1 aromatic rings. The fourth-order valence-corrected chi connectivity index (χ4v) is 2.85. The number of hydrogen-bond acceptors (Lipinski definition) is 3. The molecule has 0 radical (unpaired) electrons. The predicted octanol–water partition coefficient (Wildman–Crippen LogP) is 4.05. The van der Waals surface area contributed by atoms with Gasteiger partial charge in [-0.1, -0.05) is 39.8 Å². The van der Waals surface area contributed by atoms with Crippen LogP contribution in [-0.4, -0.2) is 18.2 Å². The van der Waals surface area contributed by atoms with Crippen LogP contribution in [0.1, 0.15) is 58.9 Å². The van der Waals surface area contributed by atoms with Crippen molar-refractivity contribution in [3.63, 3.8) is 0 Å². The van der Waals surface area contributed by atoms with E-state index in [9.17, 15) is 4.79 Å². The van der Waals surface area contributed by atoms with E-state index in [2.05, 4.69) is 38.2 Å². The smallest absolute Gasteiger partial charge is 0.277 e. The molecule has 1 unspecified atom stereocenters. The van der Waals surface area contributed by atoms with Gasteiger partial charge in [0.15, 0.2) is 6.61 Å². The second kappa shape index (κ2) is 7.62. The first-order valence-electron chi connectivity index (χ1n) is 8.48. The van der Waals surface area contributed by atoms with Gasteiger partial charge in [0.2, 0.25) is 0 Å². The Balaban J connectivity index is 1.81. The maximum atomic E-state index is 11.9. The van der Waals surface area contributed by atoms with Gasteiger partial charge in [0.1, 0.15) is 5.75 Å². The number of hydrazone groups is 1. The van der Waals surface area contributed by atoms with Crippen molar-refractivity contribution in [2.45, 2.75) is 58.8 Å². The summed E-state index contributed by atoms with van der Waals surface area (Å²) >= 11 is 0. The number of ether oxygens (including phenoxy) is 1. The minimum atomic E-state index is -0.209. The van der Waals surface area contributed by atoms with Crippen molar-refractivity contribution in [1.29, 1.82) is 0 Å². The average molecular weight is 316 g/mol. The van der Waals surface area contributed by atoms with Crippen molar-refractivity contribution in [3.05, 3.63) is 29.8 Å². The standard InChI is InChI=1S/C19H28N2O2/c1-5-14-7-6-8-17(14)20-21-18(22)13-23-16-11-9-15(10-12-16)19(2,3)4/h9-12,14H,5-8,13H2,1-4H3,(H,21,22). The number of benzene rings is 1. The minimum Gasteiger partial charge on any atom is -0.484 e. The molecule has 0 aliphatic heterocycles. The van der Waals surface area contributed by atoms with Crippen molar-refractivity contribution in [2.75, 3.05) is 6.61 Å². The quantitative estimate of drug-likeness (QED) is 0.833. The van der Waals surface area contributed by atoms with Gasteiger partial charge < -0.3 is 4.74 Å². The van der Waals surface area contributed by atoms with E-state index in [-0.39, 0.29) is 17.9 Å². The Hall–Kier alpha value is -1.84. The lowest BCUT2D eigenvalue weighted by Gasteiger charge is -2.19. The summed E-state index contributed by atoms with van der Waals surface area (Å²) in [6, 6.07) is 7.89. The fourth-order valence-electron chi connectivity index (χ4n) is 2.85. The molecule has 0 spiro atoms. The number of nitrogens with zero attached hydrogens (tertiary/aromatic N) is 1. The van der Waals surface area contributed by atoms with E-state index in [0.29, 0.717) is 11.7 Å². The van der Waals surface area contributed by atoms with Crippen molar-refractivity contribution in [3.8, 4) is 5.75 Å². The highest BCUT2D eigenvalue weighted by Crippen LogP contribution is 2.25. The van der Waals surface area contributed by atoms with Gasteiger partial charge in [0.05, 0.1) is 0 Å². The largest absolute Gasteiger partial charge is 0.484 e. The highest BCUT2D eigenvalue weighted by atomic mass is 16.5. The molecule has 2 rings (SSSR count). The van der Waals surface area contributed by atoms with Crippen LogP contribution in [0.2, 0.25) is 0 Å². The van der Waals surface area contributed by atoms with Gasteiger partial charge in [-0.3, -0.25) is 4.79 Å². The van der Waals surface area contributed by atoms with Crippen molar-refractivity contribution in [2.24, 2.45) is 11.0 Å². The summed E-state index contributed by atoms with van der Waals surface area (Å²) < 4.78 is 5.52. The number of rotatable bonds is 5. The maximum absolute atomic E-state index is 11.9. The summed E-state index contributed by atoms with van der Waals surface area (Å²) in [6.45, 7) is 8.66. The Morgan fingerprint density at radius 3 is 2.61 bits per heavy atom. The first-order chi connectivity index (χ1) is 10.9. The Morgan fingerprint density at radius 1 is 1.30 bits per heavy atom. The van der Waals surface area contributed by atoms with Gasteiger partial charge in [0.25, 0.3) is 5.91 Å². The summed E-state index contributed by atoms with van der Waals surface area (Å²) in [5, 5.41) is 4.27. The SMILES string of the molecule is CCC1CCCC1=NNC(=O)COc1ccc(C(C)(C)C)cc1. The van der Waals surface area contributed by atoms with Crippen LogP contribution in [0.5, 0.6) is 5.75 Å². The molecular formula is C19H28N2O2. The van der Waals surface area contributed by atoms with Crippen molar-refractivity contribution >= 4 is 11.6 Å². The predicted molar refractivity (Wildman–Crippen MR) is 93.8 cm³/mol. The molecule has 1 N–H and O–H groups in total. The molecule has 4 nitrogen and oxygen atoms in total. The lowest BCUT2D eigenvalue weighted by molar-refractivity contribution is -0.123. The van der Waals surface area contributed by atoms with Gasteiger partial charge in [-0.15, -0.1) is 0 Å². The van der Waals surface area contributed by atoms with Crippen LogP contribution in [0.25, 0.3) is 0 Å². The summed E-state index contributed by atoms with van der Waals surface area (Å²) in [5.41, 5.74) is 5.10. The molecule has 0 heterocycles. The highest BCUT2D eigenvalue weighted by Gasteiger charge is 2.21. The third-order valence-corrected chi connectivity index (χ3v) is 4.36. The number of amides is 1. The summed E-state index contributed by atoms with van der Waals surface area (Å²) in [7, 11) is 0. The van der Waals surface area contributed by atoms with E-state index in [0.717, 1.165) is 18.6 Å². The molecular weight excluding hydrogens is 288 g/mol. The van der Waals surface area contributed by atoms with Crippen LogP contribution in [0.3, 0.4) is 0 Å². The van der Waals surface area contributed by atoms with Crippen molar-refractivity contribution < 1.29 is 9.53 Å². The third-order valence-electron chi connectivity index (χ3n) is 4.36. The van der Waals surface area contributed by atoms with Gasteiger partial charge in [-0.2, -0.15) is 5.10 Å². The average Bonchev–Trinajstić information content (AvgIpc) is 2.98. The highest BCUT2D eigenvalue weighted by molar-refractivity contribution is 5.89. The zero-order valence-electron chi connectivity index (χ0n) is 14.7. The van der Waals surface area contributed by atoms with E-state index in [1.807, 2.05) is 24.3 Å². The van der Waals surface area contributed by atoms with Crippen molar-refractivity contribution in [1.82, 2.24) is 5.43 Å². The number of carbonyl (C=O) groups excluding carboxylic acids is 1.